The second-order valence-corrected chi connectivity index (χ2v) is 8.14. The topological polar surface area (TPSA) is 63.1 Å². The smallest absolute Gasteiger partial charge is 0.191 e. The van der Waals surface area contributed by atoms with Gasteiger partial charge in [0, 0.05) is 52.4 Å². The van der Waals surface area contributed by atoms with Crippen molar-refractivity contribution in [1.29, 1.82) is 0 Å². The zero-order valence-electron chi connectivity index (χ0n) is 18.8. The fourth-order valence-corrected chi connectivity index (χ4v) is 3.69. The van der Waals surface area contributed by atoms with E-state index >= 15 is 0 Å². The fraction of sp³-hybridized carbons (Fsp3) is 0.952. The summed E-state index contributed by atoms with van der Waals surface area (Å²) in [6.45, 7) is 19.0. The first-order valence-corrected chi connectivity index (χ1v) is 11.2. The Balaban J connectivity index is 0.00000729. The molecule has 0 aromatic heterocycles. The first kappa shape index (κ1) is 27.9. The molecule has 0 aliphatic carbocycles. The van der Waals surface area contributed by atoms with Crippen LogP contribution in [0.25, 0.3) is 0 Å². The molecule has 168 valence electrons. The summed E-state index contributed by atoms with van der Waals surface area (Å²) in [5, 5.41) is 16.1. The van der Waals surface area contributed by atoms with Crippen LogP contribution >= 0.6 is 24.0 Å². The molecule has 1 rings (SSSR count). The van der Waals surface area contributed by atoms with E-state index in [1.165, 1.54) is 52.1 Å². The van der Waals surface area contributed by atoms with Gasteiger partial charge in [-0.2, -0.15) is 0 Å². The van der Waals surface area contributed by atoms with Crippen LogP contribution in [-0.2, 0) is 0 Å². The van der Waals surface area contributed by atoms with E-state index in [-0.39, 0.29) is 30.6 Å². The van der Waals surface area contributed by atoms with Crippen LogP contribution in [-0.4, -0.2) is 86.4 Å². The molecular formula is C21H46IN5O. The normalized spacial score (nSPS) is 17.4. The molecule has 3 N–H and O–H groups in total. The monoisotopic (exact) mass is 511 g/mol. The molecule has 1 aliphatic heterocycles. The van der Waals surface area contributed by atoms with Gasteiger partial charge >= 0.3 is 0 Å². The molecule has 28 heavy (non-hydrogen) atoms. The molecule has 1 aliphatic rings. The molecule has 0 amide bonds. The molecule has 0 aromatic carbocycles. The van der Waals surface area contributed by atoms with Gasteiger partial charge in [-0.3, -0.25) is 4.99 Å². The van der Waals surface area contributed by atoms with Gasteiger partial charge in [0.15, 0.2) is 5.96 Å². The van der Waals surface area contributed by atoms with E-state index in [1.807, 2.05) is 0 Å². The molecular weight excluding hydrogens is 465 g/mol. The molecule has 0 bridgehead atoms. The van der Waals surface area contributed by atoms with E-state index in [1.54, 1.807) is 0 Å². The summed E-state index contributed by atoms with van der Waals surface area (Å²) >= 11 is 0. The van der Waals surface area contributed by atoms with Gasteiger partial charge < -0.3 is 25.5 Å². The molecule has 1 atom stereocenters. The number of hydrogen-bond donors (Lipinski definition) is 3. The van der Waals surface area contributed by atoms with E-state index in [0.29, 0.717) is 11.8 Å². The van der Waals surface area contributed by atoms with E-state index < -0.39 is 0 Å². The SMILES string of the molecule is CCNC(=NCC(CCO)CC(C)C)NCCCCN1CCN(CC)CC1.I. The second kappa shape index (κ2) is 17.7. The van der Waals surface area contributed by atoms with Crippen LogP contribution in [0.4, 0.5) is 0 Å². The third-order valence-corrected chi connectivity index (χ3v) is 5.30. The largest absolute Gasteiger partial charge is 0.396 e. The number of rotatable bonds is 13. The molecule has 0 saturated carbocycles. The number of likely N-dealkylation sites (N-methyl/N-ethyl adjacent to an activating group) is 1. The van der Waals surface area contributed by atoms with Gasteiger partial charge in [-0.05, 0) is 57.5 Å². The van der Waals surface area contributed by atoms with Crippen molar-refractivity contribution in [2.24, 2.45) is 16.8 Å². The standard InChI is InChI=1S/C21H45N5O.HI/c1-5-22-21(24-18-20(9-16-27)17-19(3)4)23-10-7-8-11-26-14-12-25(6-2)13-15-26;/h19-20,27H,5-18H2,1-4H3,(H2,22,23,24);1H. The molecule has 1 fully saturated rings. The highest BCUT2D eigenvalue weighted by atomic mass is 127. The van der Waals surface area contributed by atoms with Crippen LogP contribution in [0.2, 0.25) is 0 Å². The van der Waals surface area contributed by atoms with Crippen molar-refractivity contribution in [3.8, 4) is 0 Å². The van der Waals surface area contributed by atoms with E-state index in [2.05, 4.69) is 48.1 Å². The Morgan fingerprint density at radius 2 is 1.71 bits per heavy atom. The van der Waals surface area contributed by atoms with Crippen molar-refractivity contribution in [3.05, 3.63) is 0 Å². The number of aliphatic hydroxyl groups is 1. The quantitative estimate of drug-likeness (QED) is 0.154. The van der Waals surface area contributed by atoms with Gasteiger partial charge in [0.05, 0.1) is 0 Å². The summed E-state index contributed by atoms with van der Waals surface area (Å²) in [4.78, 5) is 9.88. The van der Waals surface area contributed by atoms with Crippen molar-refractivity contribution in [2.45, 2.75) is 53.4 Å². The van der Waals surface area contributed by atoms with Gasteiger partial charge in [0.25, 0.3) is 0 Å². The number of piperazine rings is 1. The predicted octanol–water partition coefficient (Wildman–Crippen LogP) is 2.62. The zero-order chi connectivity index (χ0) is 19.9. The van der Waals surface area contributed by atoms with Gasteiger partial charge in [0.2, 0.25) is 0 Å². The Morgan fingerprint density at radius 3 is 2.29 bits per heavy atom. The number of aliphatic hydroxyl groups excluding tert-OH is 1. The summed E-state index contributed by atoms with van der Waals surface area (Å²) in [5.74, 6) is 2.03. The Bertz CT molecular complexity index is 387. The summed E-state index contributed by atoms with van der Waals surface area (Å²) in [5.41, 5.74) is 0. The van der Waals surface area contributed by atoms with Gasteiger partial charge in [-0.1, -0.05) is 20.8 Å². The van der Waals surface area contributed by atoms with E-state index in [0.717, 1.165) is 38.4 Å². The highest BCUT2D eigenvalue weighted by molar-refractivity contribution is 14.0. The summed E-state index contributed by atoms with van der Waals surface area (Å²) in [7, 11) is 0. The van der Waals surface area contributed by atoms with Crippen LogP contribution in [0.3, 0.4) is 0 Å². The van der Waals surface area contributed by atoms with E-state index in [4.69, 9.17) is 4.99 Å². The summed E-state index contributed by atoms with van der Waals surface area (Å²) in [6.07, 6.45) is 4.37. The molecule has 0 radical (unpaired) electrons. The van der Waals surface area contributed by atoms with Crippen LogP contribution in [0.1, 0.15) is 53.4 Å². The number of guanidine groups is 1. The maximum absolute atomic E-state index is 9.27. The number of halogens is 1. The summed E-state index contributed by atoms with van der Waals surface area (Å²) < 4.78 is 0. The third kappa shape index (κ3) is 13.2. The molecule has 1 unspecified atom stereocenters. The Morgan fingerprint density at radius 1 is 1.04 bits per heavy atom. The van der Waals surface area contributed by atoms with Crippen molar-refractivity contribution in [1.82, 2.24) is 20.4 Å². The van der Waals surface area contributed by atoms with Crippen LogP contribution < -0.4 is 10.6 Å². The van der Waals surface area contributed by atoms with Crippen LogP contribution in [0.5, 0.6) is 0 Å². The van der Waals surface area contributed by atoms with E-state index in [9.17, 15) is 5.11 Å². The minimum absolute atomic E-state index is 0. The van der Waals surface area contributed by atoms with Crippen LogP contribution in [0, 0.1) is 11.8 Å². The minimum atomic E-state index is 0. The van der Waals surface area contributed by atoms with Crippen molar-refractivity contribution < 1.29 is 5.11 Å². The van der Waals surface area contributed by atoms with Crippen molar-refractivity contribution in [2.75, 3.05) is 65.5 Å². The highest BCUT2D eigenvalue weighted by Crippen LogP contribution is 2.15. The Labute approximate surface area is 190 Å². The average Bonchev–Trinajstić information content (AvgIpc) is 2.65. The lowest BCUT2D eigenvalue weighted by atomic mass is 9.94. The molecule has 0 spiro atoms. The first-order valence-electron chi connectivity index (χ1n) is 11.2. The molecule has 0 aromatic rings. The number of nitrogens with one attached hydrogen (secondary N) is 2. The second-order valence-electron chi connectivity index (χ2n) is 8.14. The lowest BCUT2D eigenvalue weighted by Crippen LogP contribution is -2.46. The van der Waals surface area contributed by atoms with Gasteiger partial charge in [-0.15, -0.1) is 24.0 Å². The minimum Gasteiger partial charge on any atom is -0.396 e. The maximum atomic E-state index is 9.27. The summed E-state index contributed by atoms with van der Waals surface area (Å²) in [6, 6.07) is 0. The van der Waals surface area contributed by atoms with Crippen molar-refractivity contribution >= 4 is 29.9 Å². The molecule has 1 saturated heterocycles. The first-order chi connectivity index (χ1) is 13.1. The van der Waals surface area contributed by atoms with Gasteiger partial charge in [-0.25, -0.2) is 0 Å². The lowest BCUT2D eigenvalue weighted by Gasteiger charge is -2.34. The number of nitrogens with zero attached hydrogens (tertiary/aromatic N) is 3. The van der Waals surface area contributed by atoms with Gasteiger partial charge in [0.1, 0.15) is 0 Å². The Kier molecular flexibility index (Phi) is 17.6. The molecule has 1 heterocycles. The maximum Gasteiger partial charge on any atom is 0.191 e. The molecule has 6 nitrogen and oxygen atoms in total. The highest BCUT2D eigenvalue weighted by Gasteiger charge is 2.14. The number of unbranched alkanes of at least 4 members (excludes halogenated alkanes) is 1. The number of hydrogen-bond acceptors (Lipinski definition) is 4. The molecule has 7 heteroatoms. The lowest BCUT2D eigenvalue weighted by molar-refractivity contribution is 0.136. The fourth-order valence-electron chi connectivity index (χ4n) is 3.69. The van der Waals surface area contributed by atoms with Crippen molar-refractivity contribution in [3.63, 3.8) is 0 Å². The third-order valence-electron chi connectivity index (χ3n) is 5.30. The van der Waals surface area contributed by atoms with Crippen LogP contribution in [0.15, 0.2) is 4.99 Å². The zero-order valence-corrected chi connectivity index (χ0v) is 21.1. The Hall–Kier alpha value is -0.120. The number of aliphatic imine (C=N–C) groups is 1. The average molecular weight is 512 g/mol. The predicted molar refractivity (Wildman–Crippen MR) is 132 cm³/mol.